The lowest BCUT2D eigenvalue weighted by molar-refractivity contribution is -0.166. The molecule has 6 heteroatoms. The highest BCUT2D eigenvalue weighted by molar-refractivity contribution is 5.71. The van der Waals surface area contributed by atoms with Crippen LogP contribution in [-0.4, -0.2) is 37.2 Å². The lowest BCUT2D eigenvalue weighted by atomic mass is 10.0. The van der Waals surface area contributed by atoms with Crippen LogP contribution in [0.3, 0.4) is 0 Å². The second-order valence-electron chi connectivity index (χ2n) is 13.9. The molecular weight excluding hydrogens is 636 g/mol. The average molecular weight is 715 g/mol. The van der Waals surface area contributed by atoms with Gasteiger partial charge in [-0.15, -0.1) is 0 Å². The number of allylic oxidation sites excluding steroid dienone is 8. The van der Waals surface area contributed by atoms with Crippen molar-refractivity contribution in [3.05, 3.63) is 48.6 Å². The molecule has 0 saturated carbocycles. The molecule has 0 aromatic heterocycles. The molecule has 0 aromatic carbocycles. The molecule has 0 rings (SSSR count). The Morgan fingerprint density at radius 2 is 0.765 bits per heavy atom. The van der Waals surface area contributed by atoms with E-state index in [9.17, 15) is 14.4 Å². The number of carbonyl (C=O) groups excluding carboxylic acids is 3. The highest BCUT2D eigenvalue weighted by Gasteiger charge is 2.19. The van der Waals surface area contributed by atoms with E-state index in [1.165, 1.54) is 83.5 Å². The van der Waals surface area contributed by atoms with Crippen molar-refractivity contribution in [2.24, 2.45) is 0 Å². The monoisotopic (exact) mass is 715 g/mol. The van der Waals surface area contributed by atoms with Crippen LogP contribution in [0, 0.1) is 0 Å². The molecule has 0 radical (unpaired) electrons. The van der Waals surface area contributed by atoms with Crippen LogP contribution in [0.2, 0.25) is 0 Å². The Balaban J connectivity index is 4.33. The Labute approximate surface area is 314 Å². The molecule has 0 aliphatic carbocycles. The standard InChI is InChI=1S/C45H78O6/c1-4-7-10-13-15-17-19-21-22-24-25-27-29-32-35-38-44(47)50-41-42(40-49-43(46)37-34-31-12-9-6-3)51-45(48)39-36-33-30-28-26-23-20-18-16-14-11-8-5-2/h8,11,16,18,23,26,30,33,42H,4-7,9-10,12-15,17,19-22,24-25,27-29,31-32,34-41H2,1-3H3/b11-8-,18-16-,26-23-,33-30-. The molecule has 0 aliphatic rings. The van der Waals surface area contributed by atoms with E-state index < -0.39 is 12.1 Å². The molecule has 0 spiro atoms. The van der Waals surface area contributed by atoms with E-state index in [0.29, 0.717) is 19.3 Å². The Kier molecular flexibility index (Phi) is 38.1. The molecule has 1 atom stereocenters. The minimum absolute atomic E-state index is 0.100. The van der Waals surface area contributed by atoms with Gasteiger partial charge in [0.15, 0.2) is 6.10 Å². The van der Waals surface area contributed by atoms with Gasteiger partial charge in [-0.25, -0.2) is 0 Å². The van der Waals surface area contributed by atoms with Gasteiger partial charge in [-0.1, -0.05) is 185 Å². The quantitative estimate of drug-likeness (QED) is 0.0276. The van der Waals surface area contributed by atoms with E-state index in [1.54, 1.807) is 0 Å². The van der Waals surface area contributed by atoms with Crippen molar-refractivity contribution in [3.8, 4) is 0 Å². The van der Waals surface area contributed by atoms with Crippen LogP contribution in [0.15, 0.2) is 48.6 Å². The van der Waals surface area contributed by atoms with Gasteiger partial charge >= 0.3 is 17.9 Å². The molecule has 0 saturated heterocycles. The molecule has 0 heterocycles. The van der Waals surface area contributed by atoms with Gasteiger partial charge in [0.1, 0.15) is 13.2 Å². The number of carbonyl (C=O) groups is 3. The summed E-state index contributed by atoms with van der Waals surface area (Å²) in [5.41, 5.74) is 0. The van der Waals surface area contributed by atoms with Gasteiger partial charge in [0.25, 0.3) is 0 Å². The second-order valence-corrected chi connectivity index (χ2v) is 13.9. The number of ether oxygens (including phenoxy) is 3. The Hall–Kier alpha value is -2.63. The van der Waals surface area contributed by atoms with Crippen molar-refractivity contribution >= 4 is 17.9 Å². The number of esters is 3. The van der Waals surface area contributed by atoms with Crippen LogP contribution in [0.1, 0.15) is 201 Å². The van der Waals surface area contributed by atoms with Crippen LogP contribution in [0.4, 0.5) is 0 Å². The van der Waals surface area contributed by atoms with Crippen molar-refractivity contribution < 1.29 is 28.6 Å². The molecule has 294 valence electrons. The SMILES string of the molecule is CC/C=C\C/C=C\C/C=C\C/C=C\CCC(=O)OC(COC(=O)CCCCCCC)COC(=O)CCCCCCCCCCCCCCCCC. The fourth-order valence-corrected chi connectivity index (χ4v) is 5.69. The zero-order chi connectivity index (χ0) is 37.3. The van der Waals surface area contributed by atoms with Crippen LogP contribution in [-0.2, 0) is 28.6 Å². The minimum Gasteiger partial charge on any atom is -0.462 e. The number of hydrogen-bond acceptors (Lipinski definition) is 6. The largest absolute Gasteiger partial charge is 0.462 e. The van der Waals surface area contributed by atoms with Crippen molar-refractivity contribution in [1.29, 1.82) is 0 Å². The molecule has 6 nitrogen and oxygen atoms in total. The highest BCUT2D eigenvalue weighted by Crippen LogP contribution is 2.14. The van der Waals surface area contributed by atoms with Crippen LogP contribution in [0.25, 0.3) is 0 Å². The maximum absolute atomic E-state index is 12.6. The third kappa shape index (κ3) is 38.4. The Bertz CT molecular complexity index is 918. The summed E-state index contributed by atoms with van der Waals surface area (Å²) < 4.78 is 16.5. The zero-order valence-corrected chi connectivity index (χ0v) is 33.4. The lowest BCUT2D eigenvalue weighted by Gasteiger charge is -2.18. The normalized spacial score (nSPS) is 12.5. The molecule has 0 N–H and O–H groups in total. The highest BCUT2D eigenvalue weighted by atomic mass is 16.6. The van der Waals surface area contributed by atoms with E-state index >= 15 is 0 Å². The van der Waals surface area contributed by atoms with Gasteiger partial charge in [-0.05, 0) is 44.9 Å². The maximum Gasteiger partial charge on any atom is 0.306 e. The van der Waals surface area contributed by atoms with Gasteiger partial charge in [-0.3, -0.25) is 14.4 Å². The molecule has 0 aromatic rings. The second kappa shape index (κ2) is 40.1. The van der Waals surface area contributed by atoms with Crippen molar-refractivity contribution in [3.63, 3.8) is 0 Å². The number of rotatable bonds is 37. The minimum atomic E-state index is -0.802. The number of unbranched alkanes of at least 4 members (excludes halogenated alkanes) is 18. The van der Waals surface area contributed by atoms with E-state index in [1.807, 2.05) is 12.2 Å². The molecule has 0 amide bonds. The molecule has 0 fully saturated rings. The van der Waals surface area contributed by atoms with Crippen molar-refractivity contribution in [2.45, 2.75) is 207 Å². The summed E-state index contributed by atoms with van der Waals surface area (Å²) in [4.78, 5) is 37.3. The predicted octanol–water partition coefficient (Wildman–Crippen LogP) is 13.2. The summed E-state index contributed by atoms with van der Waals surface area (Å²) in [6.07, 6.45) is 45.7. The fraction of sp³-hybridized carbons (Fsp3) is 0.756. The Morgan fingerprint density at radius 1 is 0.412 bits per heavy atom. The molecule has 0 bridgehead atoms. The molecule has 51 heavy (non-hydrogen) atoms. The number of hydrogen-bond donors (Lipinski definition) is 0. The van der Waals surface area contributed by atoms with Crippen LogP contribution >= 0.6 is 0 Å². The van der Waals surface area contributed by atoms with Gasteiger partial charge in [0.2, 0.25) is 0 Å². The summed E-state index contributed by atoms with van der Waals surface area (Å²) in [6.45, 7) is 6.36. The average Bonchev–Trinajstić information content (AvgIpc) is 3.12. The first kappa shape index (κ1) is 48.4. The first-order valence-electron chi connectivity index (χ1n) is 21.1. The van der Waals surface area contributed by atoms with Crippen LogP contribution in [0.5, 0.6) is 0 Å². The first-order chi connectivity index (χ1) is 25.0. The van der Waals surface area contributed by atoms with E-state index in [-0.39, 0.29) is 31.6 Å². The summed E-state index contributed by atoms with van der Waals surface area (Å²) in [6, 6.07) is 0. The third-order valence-corrected chi connectivity index (χ3v) is 8.86. The summed E-state index contributed by atoms with van der Waals surface area (Å²) in [5.74, 6) is -0.999. The van der Waals surface area contributed by atoms with Crippen molar-refractivity contribution in [1.82, 2.24) is 0 Å². The van der Waals surface area contributed by atoms with E-state index in [0.717, 1.165) is 70.6 Å². The van der Waals surface area contributed by atoms with Gasteiger partial charge in [-0.2, -0.15) is 0 Å². The van der Waals surface area contributed by atoms with Crippen LogP contribution < -0.4 is 0 Å². The van der Waals surface area contributed by atoms with E-state index in [4.69, 9.17) is 14.2 Å². The fourth-order valence-electron chi connectivity index (χ4n) is 5.69. The first-order valence-corrected chi connectivity index (χ1v) is 21.1. The predicted molar refractivity (Wildman–Crippen MR) is 215 cm³/mol. The third-order valence-electron chi connectivity index (χ3n) is 8.86. The van der Waals surface area contributed by atoms with Gasteiger partial charge in [0, 0.05) is 19.3 Å². The van der Waals surface area contributed by atoms with Gasteiger partial charge < -0.3 is 14.2 Å². The molecule has 1 unspecified atom stereocenters. The Morgan fingerprint density at radius 3 is 1.16 bits per heavy atom. The topological polar surface area (TPSA) is 78.9 Å². The van der Waals surface area contributed by atoms with Crippen molar-refractivity contribution in [2.75, 3.05) is 13.2 Å². The zero-order valence-electron chi connectivity index (χ0n) is 33.4. The summed E-state index contributed by atoms with van der Waals surface area (Å²) in [7, 11) is 0. The molecule has 0 aliphatic heterocycles. The maximum atomic E-state index is 12.6. The van der Waals surface area contributed by atoms with E-state index in [2.05, 4.69) is 57.2 Å². The summed E-state index contributed by atoms with van der Waals surface area (Å²) in [5, 5.41) is 0. The smallest absolute Gasteiger partial charge is 0.306 e. The lowest BCUT2D eigenvalue weighted by Crippen LogP contribution is -2.30. The van der Waals surface area contributed by atoms with Gasteiger partial charge in [0.05, 0.1) is 0 Å². The summed E-state index contributed by atoms with van der Waals surface area (Å²) >= 11 is 0. The molecular formula is C45H78O6.